The molecule has 0 amide bonds. The molecule has 1 aromatic heterocycles. The van der Waals surface area contributed by atoms with Crippen LogP contribution in [0.2, 0.25) is 0 Å². The molecular weight excluding hydrogens is 388 g/mol. The average molecular weight is 410 g/mol. The van der Waals surface area contributed by atoms with E-state index in [1.165, 1.54) is 18.2 Å². The van der Waals surface area contributed by atoms with E-state index in [9.17, 15) is 19.7 Å². The molecule has 0 unspecified atom stereocenters. The van der Waals surface area contributed by atoms with Gasteiger partial charge in [-0.15, -0.1) is 0 Å². The number of anilines is 1. The molecule has 0 aliphatic carbocycles. The van der Waals surface area contributed by atoms with Crippen LogP contribution in [0.15, 0.2) is 51.7 Å². The van der Waals surface area contributed by atoms with Gasteiger partial charge in [0.2, 0.25) is 0 Å². The van der Waals surface area contributed by atoms with Crippen molar-refractivity contribution in [3.63, 3.8) is 0 Å². The number of ether oxygens (including phenoxy) is 1. The number of non-ortho nitro benzene ring substituents is 1. The smallest absolute Gasteiger partial charge is 0.351 e. The fourth-order valence-electron chi connectivity index (χ4n) is 3.33. The van der Waals surface area contributed by atoms with Gasteiger partial charge in [-0.2, -0.15) is 0 Å². The Bertz CT molecular complexity index is 1150. The summed E-state index contributed by atoms with van der Waals surface area (Å²) < 4.78 is 10.3. The van der Waals surface area contributed by atoms with Crippen LogP contribution in [-0.2, 0) is 4.74 Å². The van der Waals surface area contributed by atoms with Gasteiger partial charge in [-0.1, -0.05) is 0 Å². The van der Waals surface area contributed by atoms with Gasteiger partial charge >= 0.3 is 11.6 Å². The first-order valence-corrected chi connectivity index (χ1v) is 9.68. The van der Waals surface area contributed by atoms with E-state index in [0.717, 1.165) is 16.8 Å². The minimum Gasteiger partial charge on any atom is -0.462 e. The molecule has 156 valence electrons. The van der Waals surface area contributed by atoms with Gasteiger partial charge in [-0.3, -0.25) is 10.1 Å². The van der Waals surface area contributed by atoms with Gasteiger partial charge < -0.3 is 14.1 Å². The molecule has 0 spiro atoms. The van der Waals surface area contributed by atoms with E-state index in [2.05, 4.69) is 4.90 Å². The molecule has 3 aromatic rings. The zero-order valence-corrected chi connectivity index (χ0v) is 17.0. The van der Waals surface area contributed by atoms with Gasteiger partial charge in [-0.05, 0) is 50.6 Å². The van der Waals surface area contributed by atoms with Gasteiger partial charge in [0.25, 0.3) is 5.69 Å². The van der Waals surface area contributed by atoms with E-state index in [4.69, 9.17) is 9.15 Å². The zero-order chi connectivity index (χ0) is 21.8. The van der Waals surface area contributed by atoms with Crippen molar-refractivity contribution in [1.82, 2.24) is 0 Å². The summed E-state index contributed by atoms with van der Waals surface area (Å²) in [4.78, 5) is 37.0. The third-order valence-corrected chi connectivity index (χ3v) is 4.84. The lowest BCUT2D eigenvalue weighted by molar-refractivity contribution is -0.384. The molecule has 0 atom stereocenters. The Morgan fingerprint density at radius 3 is 2.33 bits per heavy atom. The van der Waals surface area contributed by atoms with Crippen LogP contribution in [-0.4, -0.2) is 30.6 Å². The van der Waals surface area contributed by atoms with Crippen molar-refractivity contribution in [2.24, 2.45) is 0 Å². The normalized spacial score (nSPS) is 10.8. The van der Waals surface area contributed by atoms with Crippen molar-refractivity contribution in [3.05, 3.63) is 68.6 Å². The van der Waals surface area contributed by atoms with E-state index in [1.54, 1.807) is 25.1 Å². The number of carbonyl (C=O) groups is 1. The van der Waals surface area contributed by atoms with Crippen molar-refractivity contribution in [2.75, 3.05) is 24.6 Å². The van der Waals surface area contributed by atoms with E-state index in [0.29, 0.717) is 24.1 Å². The molecule has 2 aromatic carbocycles. The standard InChI is InChI=1S/C22H22N2O6/c1-4-23(5-2)19-13-20-15(12-18(22(26)30-20)21(25)29-6-3)11-17(19)14-7-9-16(10-8-14)24(27)28/h7-13H,4-6H2,1-3H3. The third kappa shape index (κ3) is 4.03. The van der Waals surface area contributed by atoms with Crippen molar-refractivity contribution in [3.8, 4) is 11.1 Å². The highest BCUT2D eigenvalue weighted by atomic mass is 16.6. The summed E-state index contributed by atoms with van der Waals surface area (Å²) >= 11 is 0. The summed E-state index contributed by atoms with van der Waals surface area (Å²) in [7, 11) is 0. The number of nitro groups is 1. The molecule has 0 bridgehead atoms. The maximum absolute atomic E-state index is 12.3. The minimum atomic E-state index is -0.755. The fraction of sp³-hybridized carbons (Fsp3) is 0.273. The number of nitro benzene ring substituents is 1. The molecule has 30 heavy (non-hydrogen) atoms. The van der Waals surface area contributed by atoms with E-state index >= 15 is 0 Å². The first kappa shape index (κ1) is 21.0. The van der Waals surface area contributed by atoms with Crippen LogP contribution < -0.4 is 10.5 Å². The Morgan fingerprint density at radius 2 is 1.77 bits per heavy atom. The molecule has 0 aliphatic rings. The highest BCUT2D eigenvalue weighted by Crippen LogP contribution is 2.35. The van der Waals surface area contributed by atoms with Crippen LogP contribution in [0, 0.1) is 10.1 Å². The summed E-state index contributed by atoms with van der Waals surface area (Å²) in [6.07, 6.45) is 0. The molecular formula is C22H22N2O6. The highest BCUT2D eigenvalue weighted by molar-refractivity contribution is 5.96. The van der Waals surface area contributed by atoms with E-state index in [-0.39, 0.29) is 17.9 Å². The number of benzene rings is 2. The summed E-state index contributed by atoms with van der Waals surface area (Å²) in [5.41, 5.74) is 1.83. The lowest BCUT2D eigenvalue weighted by Gasteiger charge is -2.24. The zero-order valence-electron chi connectivity index (χ0n) is 17.0. The molecule has 0 aliphatic heterocycles. The topological polar surface area (TPSA) is 103 Å². The summed E-state index contributed by atoms with van der Waals surface area (Å²) in [5, 5.41) is 11.5. The number of nitrogens with zero attached hydrogens (tertiary/aromatic N) is 2. The second kappa shape index (κ2) is 8.77. The number of carbonyl (C=O) groups excluding carboxylic acids is 1. The van der Waals surface area contributed by atoms with Crippen LogP contribution in [0.4, 0.5) is 11.4 Å². The van der Waals surface area contributed by atoms with Gasteiger partial charge in [-0.25, -0.2) is 9.59 Å². The third-order valence-electron chi connectivity index (χ3n) is 4.84. The van der Waals surface area contributed by atoms with Crippen LogP contribution in [0.1, 0.15) is 31.1 Å². The molecule has 0 radical (unpaired) electrons. The number of esters is 1. The van der Waals surface area contributed by atoms with Crippen molar-refractivity contribution in [2.45, 2.75) is 20.8 Å². The first-order valence-electron chi connectivity index (χ1n) is 9.68. The Morgan fingerprint density at radius 1 is 1.10 bits per heavy atom. The largest absolute Gasteiger partial charge is 0.462 e. The predicted molar refractivity (Wildman–Crippen MR) is 114 cm³/mol. The van der Waals surface area contributed by atoms with Gasteiger partial charge in [0.15, 0.2) is 0 Å². The Labute approximate surface area is 172 Å². The molecule has 0 N–H and O–H groups in total. The van der Waals surface area contributed by atoms with Crippen molar-refractivity contribution in [1.29, 1.82) is 0 Å². The highest BCUT2D eigenvalue weighted by Gasteiger charge is 2.19. The van der Waals surface area contributed by atoms with Crippen molar-refractivity contribution >= 4 is 28.3 Å². The fourth-order valence-corrected chi connectivity index (χ4v) is 3.33. The minimum absolute atomic E-state index is 0.000442. The average Bonchev–Trinajstić information content (AvgIpc) is 2.74. The summed E-state index contributed by atoms with van der Waals surface area (Å²) in [5.74, 6) is -0.738. The monoisotopic (exact) mass is 410 g/mol. The summed E-state index contributed by atoms with van der Waals surface area (Å²) in [6.45, 7) is 7.25. The molecule has 1 heterocycles. The number of hydrogen-bond acceptors (Lipinski definition) is 7. The lowest BCUT2D eigenvalue weighted by atomic mass is 9.99. The second-order valence-corrected chi connectivity index (χ2v) is 6.55. The maximum atomic E-state index is 12.3. The quantitative estimate of drug-likeness (QED) is 0.246. The first-order chi connectivity index (χ1) is 14.4. The van der Waals surface area contributed by atoms with Crippen LogP contribution >= 0.6 is 0 Å². The molecule has 3 rings (SSSR count). The Hall–Kier alpha value is -3.68. The van der Waals surface area contributed by atoms with Crippen LogP contribution in [0.5, 0.6) is 0 Å². The van der Waals surface area contributed by atoms with Crippen LogP contribution in [0.3, 0.4) is 0 Å². The van der Waals surface area contributed by atoms with E-state index < -0.39 is 16.5 Å². The molecule has 8 nitrogen and oxygen atoms in total. The summed E-state index contributed by atoms with van der Waals surface area (Å²) in [6, 6.07) is 11.3. The predicted octanol–water partition coefficient (Wildman–Crippen LogP) is 4.39. The molecule has 0 fully saturated rings. The second-order valence-electron chi connectivity index (χ2n) is 6.55. The molecule has 0 saturated carbocycles. The van der Waals surface area contributed by atoms with Crippen LogP contribution in [0.25, 0.3) is 22.1 Å². The number of rotatable bonds is 7. The van der Waals surface area contributed by atoms with Gasteiger partial charge in [0.05, 0.1) is 11.5 Å². The van der Waals surface area contributed by atoms with Crippen molar-refractivity contribution < 1.29 is 18.9 Å². The van der Waals surface area contributed by atoms with Gasteiger partial charge in [0, 0.05) is 47.9 Å². The SMILES string of the molecule is CCOC(=O)c1cc2cc(-c3ccc([N+](=O)[O-])cc3)c(N(CC)CC)cc2oc1=O. The Kier molecular flexibility index (Phi) is 6.15. The number of hydrogen-bond donors (Lipinski definition) is 0. The van der Waals surface area contributed by atoms with Gasteiger partial charge in [0.1, 0.15) is 11.1 Å². The Balaban J connectivity index is 2.24. The number of fused-ring (bicyclic) bond motifs is 1. The lowest BCUT2D eigenvalue weighted by Crippen LogP contribution is -2.22. The maximum Gasteiger partial charge on any atom is 0.351 e. The molecule has 0 saturated heterocycles. The van der Waals surface area contributed by atoms with E-state index in [1.807, 2.05) is 19.9 Å². The molecule has 8 heteroatoms.